The first kappa shape index (κ1) is 15.9. The van der Waals surface area contributed by atoms with Crippen LogP contribution in [-0.2, 0) is 23.6 Å². The normalized spacial score (nSPS) is 31.1. The molecule has 0 radical (unpaired) electrons. The molecule has 124 valence electrons. The second-order valence-electron chi connectivity index (χ2n) is 6.52. The summed E-state index contributed by atoms with van der Waals surface area (Å²) < 4.78 is 27.3. The van der Waals surface area contributed by atoms with Crippen LogP contribution in [0.25, 0.3) is 0 Å². The maximum absolute atomic E-state index is 12.0. The van der Waals surface area contributed by atoms with E-state index in [0.29, 0.717) is 26.1 Å². The number of sulfonamides is 1. The van der Waals surface area contributed by atoms with E-state index >= 15 is 0 Å². The van der Waals surface area contributed by atoms with Gasteiger partial charge in [-0.05, 0) is 25.3 Å². The molecular formula is C14H24N4O3S. The lowest BCUT2D eigenvalue weighted by atomic mass is 9.83. The maximum Gasteiger partial charge on any atom is 0.211 e. The van der Waals surface area contributed by atoms with E-state index in [1.54, 1.807) is 4.68 Å². The zero-order valence-corrected chi connectivity index (χ0v) is 14.0. The van der Waals surface area contributed by atoms with Crippen molar-refractivity contribution < 1.29 is 13.5 Å². The van der Waals surface area contributed by atoms with Crippen molar-refractivity contribution in [2.45, 2.75) is 37.5 Å². The van der Waals surface area contributed by atoms with Crippen LogP contribution >= 0.6 is 0 Å². The van der Waals surface area contributed by atoms with Crippen LogP contribution in [0.4, 0.5) is 0 Å². The summed E-state index contributed by atoms with van der Waals surface area (Å²) in [5.41, 5.74) is 0.367. The van der Waals surface area contributed by atoms with Gasteiger partial charge < -0.3 is 5.11 Å². The van der Waals surface area contributed by atoms with E-state index in [0.717, 1.165) is 25.1 Å². The van der Waals surface area contributed by atoms with E-state index in [1.165, 1.54) is 10.6 Å². The van der Waals surface area contributed by atoms with Crippen LogP contribution in [0.1, 0.15) is 25.0 Å². The van der Waals surface area contributed by atoms with E-state index < -0.39 is 21.7 Å². The Balaban J connectivity index is 1.72. The molecule has 3 rings (SSSR count). The van der Waals surface area contributed by atoms with Gasteiger partial charge in [0.05, 0.1) is 23.6 Å². The number of hydrogen-bond donors (Lipinski definition) is 1. The molecule has 2 atom stereocenters. The van der Waals surface area contributed by atoms with Gasteiger partial charge in [-0.15, -0.1) is 0 Å². The van der Waals surface area contributed by atoms with Gasteiger partial charge in [-0.2, -0.15) is 9.40 Å². The lowest BCUT2D eigenvalue weighted by Gasteiger charge is -2.47. The van der Waals surface area contributed by atoms with Gasteiger partial charge >= 0.3 is 0 Å². The fourth-order valence-corrected chi connectivity index (χ4v) is 5.32. The molecule has 0 bridgehead atoms. The smallest absolute Gasteiger partial charge is 0.211 e. The largest absolute Gasteiger partial charge is 0.390 e. The summed E-state index contributed by atoms with van der Waals surface area (Å²) in [5.74, 6) is 0. The van der Waals surface area contributed by atoms with Crippen molar-refractivity contribution >= 4 is 10.0 Å². The third-order valence-electron chi connectivity index (χ3n) is 4.93. The molecule has 1 aromatic rings. The first-order chi connectivity index (χ1) is 10.3. The minimum atomic E-state index is -3.28. The van der Waals surface area contributed by atoms with Crippen LogP contribution in [-0.4, -0.2) is 70.0 Å². The van der Waals surface area contributed by atoms with Crippen molar-refractivity contribution in [1.29, 1.82) is 0 Å². The number of β-amino-alcohol motifs (C(OH)–C–C–N with tert-alkyl or cyclic N) is 1. The number of aromatic nitrogens is 2. The van der Waals surface area contributed by atoms with Crippen molar-refractivity contribution in [2.24, 2.45) is 7.05 Å². The zero-order valence-electron chi connectivity index (χ0n) is 13.1. The van der Waals surface area contributed by atoms with Gasteiger partial charge in [0, 0.05) is 39.4 Å². The Bertz CT molecular complexity index is 644. The van der Waals surface area contributed by atoms with Gasteiger partial charge in [-0.25, -0.2) is 8.42 Å². The summed E-state index contributed by atoms with van der Waals surface area (Å²) in [6.07, 6.45) is 4.74. The standard InChI is InChI=1S/C14H24N4O3S/c1-16-8-4-12(15-16)10-17-9-6-14(13(19)11-17)5-3-7-18(14)22(2,20)21/h4,8,13,19H,3,5-7,9-11H2,1-2H3/t13-,14-/m0/s1. The number of rotatable bonds is 3. The molecule has 0 saturated carbocycles. The second-order valence-corrected chi connectivity index (χ2v) is 8.43. The molecule has 1 N–H and O–H groups in total. The Morgan fingerprint density at radius 2 is 2.18 bits per heavy atom. The predicted molar refractivity (Wildman–Crippen MR) is 82.6 cm³/mol. The second kappa shape index (κ2) is 5.59. The zero-order chi connectivity index (χ0) is 16.0. The first-order valence-corrected chi connectivity index (χ1v) is 9.53. The van der Waals surface area contributed by atoms with Gasteiger partial charge in [-0.3, -0.25) is 9.58 Å². The van der Waals surface area contributed by atoms with Crippen LogP contribution in [0.5, 0.6) is 0 Å². The molecule has 2 saturated heterocycles. The Morgan fingerprint density at radius 1 is 1.41 bits per heavy atom. The number of piperidine rings is 1. The molecule has 2 aliphatic heterocycles. The first-order valence-electron chi connectivity index (χ1n) is 7.68. The van der Waals surface area contributed by atoms with Gasteiger partial charge in [0.1, 0.15) is 0 Å². The molecule has 7 nitrogen and oxygen atoms in total. The van der Waals surface area contributed by atoms with E-state index in [9.17, 15) is 13.5 Å². The predicted octanol–water partition coefficient (Wildman–Crippen LogP) is -0.219. The Labute approximate surface area is 131 Å². The molecule has 0 aliphatic carbocycles. The topological polar surface area (TPSA) is 78.7 Å². The summed E-state index contributed by atoms with van der Waals surface area (Å²) >= 11 is 0. The number of nitrogens with zero attached hydrogens (tertiary/aromatic N) is 4. The van der Waals surface area contributed by atoms with Gasteiger partial charge in [-0.1, -0.05) is 0 Å². The monoisotopic (exact) mass is 328 g/mol. The fraction of sp³-hybridized carbons (Fsp3) is 0.786. The Kier molecular flexibility index (Phi) is 4.05. The molecule has 2 fully saturated rings. The number of aliphatic hydroxyl groups is 1. The maximum atomic E-state index is 12.0. The van der Waals surface area contributed by atoms with E-state index in [-0.39, 0.29) is 0 Å². The van der Waals surface area contributed by atoms with Gasteiger partial charge in [0.25, 0.3) is 0 Å². The highest BCUT2D eigenvalue weighted by atomic mass is 32.2. The lowest BCUT2D eigenvalue weighted by Crippen LogP contribution is -2.62. The number of hydrogen-bond acceptors (Lipinski definition) is 5. The quantitative estimate of drug-likeness (QED) is 0.830. The summed E-state index contributed by atoms with van der Waals surface area (Å²) in [6, 6.07) is 1.97. The lowest BCUT2D eigenvalue weighted by molar-refractivity contribution is -0.0383. The van der Waals surface area contributed by atoms with E-state index in [4.69, 9.17) is 0 Å². The third kappa shape index (κ3) is 2.80. The van der Waals surface area contributed by atoms with Gasteiger partial charge in [0.2, 0.25) is 10.0 Å². The summed E-state index contributed by atoms with van der Waals surface area (Å²) in [4.78, 5) is 2.15. The van der Waals surface area contributed by atoms with Crippen LogP contribution in [0.2, 0.25) is 0 Å². The molecule has 0 aromatic carbocycles. The van der Waals surface area contributed by atoms with Crippen molar-refractivity contribution in [3.8, 4) is 0 Å². The Morgan fingerprint density at radius 3 is 2.77 bits per heavy atom. The molecule has 0 unspecified atom stereocenters. The van der Waals surface area contributed by atoms with Crippen LogP contribution in [0, 0.1) is 0 Å². The van der Waals surface area contributed by atoms with Crippen molar-refractivity contribution in [2.75, 3.05) is 25.9 Å². The molecule has 8 heteroatoms. The highest BCUT2D eigenvalue weighted by Gasteiger charge is 2.52. The average Bonchev–Trinajstić information content (AvgIpc) is 3.01. The van der Waals surface area contributed by atoms with Crippen molar-refractivity contribution in [1.82, 2.24) is 19.0 Å². The van der Waals surface area contributed by atoms with Crippen molar-refractivity contribution in [3.63, 3.8) is 0 Å². The van der Waals surface area contributed by atoms with Gasteiger partial charge in [0.15, 0.2) is 0 Å². The highest BCUT2D eigenvalue weighted by Crippen LogP contribution is 2.40. The molecule has 3 heterocycles. The van der Waals surface area contributed by atoms with E-state index in [2.05, 4.69) is 10.00 Å². The molecule has 2 aliphatic rings. The molecule has 1 aromatic heterocycles. The third-order valence-corrected chi connectivity index (χ3v) is 6.28. The minimum Gasteiger partial charge on any atom is -0.390 e. The van der Waals surface area contributed by atoms with Crippen molar-refractivity contribution in [3.05, 3.63) is 18.0 Å². The summed E-state index contributed by atoms with van der Waals surface area (Å²) in [7, 11) is -1.40. The number of aryl methyl sites for hydroxylation is 1. The number of aliphatic hydroxyl groups excluding tert-OH is 1. The molecular weight excluding hydrogens is 304 g/mol. The fourth-order valence-electron chi connectivity index (χ4n) is 3.90. The molecule has 1 spiro atoms. The summed E-state index contributed by atoms with van der Waals surface area (Å²) in [5, 5.41) is 15.0. The van der Waals surface area contributed by atoms with E-state index in [1.807, 2.05) is 19.3 Å². The van der Waals surface area contributed by atoms with Crippen LogP contribution in [0.3, 0.4) is 0 Å². The number of likely N-dealkylation sites (tertiary alicyclic amines) is 1. The Hall–Kier alpha value is -0.960. The van der Waals surface area contributed by atoms with Crippen LogP contribution in [0.15, 0.2) is 12.3 Å². The molecule has 0 amide bonds. The van der Waals surface area contributed by atoms with Crippen LogP contribution < -0.4 is 0 Å². The summed E-state index contributed by atoms with van der Waals surface area (Å²) in [6.45, 7) is 2.48. The highest BCUT2D eigenvalue weighted by molar-refractivity contribution is 7.88. The average molecular weight is 328 g/mol. The minimum absolute atomic E-state index is 0.489. The SMILES string of the molecule is Cn1ccc(CN2CC[C@@]3(CCCN3S(C)(=O)=O)[C@@H](O)C2)n1. The molecule has 22 heavy (non-hydrogen) atoms.